The molecule has 19 heteroatoms. The van der Waals surface area contributed by atoms with Crippen molar-refractivity contribution < 1.29 is 24.3 Å². The number of nitrogens with one attached hydrogen (secondary N) is 2. The summed E-state index contributed by atoms with van der Waals surface area (Å²) in [6, 6.07) is -0.950. The smallest absolute Gasteiger partial charge is 0.352 e. The minimum Gasteiger partial charge on any atom is -0.477 e. The van der Waals surface area contributed by atoms with Gasteiger partial charge in [-0.3, -0.25) is 19.9 Å². The van der Waals surface area contributed by atoms with Crippen LogP contribution in [-0.2, 0) is 26.3 Å². The molecule has 0 bridgehead atoms. The molecule has 2 aliphatic heterocycles. The number of thiazole rings is 1. The largest absolute Gasteiger partial charge is 0.477 e. The van der Waals surface area contributed by atoms with Crippen LogP contribution >= 0.6 is 46.6 Å². The Bertz CT molecular complexity index is 1360. The molecule has 2 aromatic rings. The molecule has 202 valence electrons. The number of hydrogen-bond donors (Lipinski definition) is 5. The maximum Gasteiger partial charge on any atom is 0.352 e. The third kappa shape index (κ3) is 5.59. The quantitative estimate of drug-likeness (QED) is 0.0741. The molecule has 2 aromatic heterocycles. The molecule has 0 spiro atoms. The SMILES string of the molecule is CO/N=C(\C(=O)N[C@@H]1C(=O)N2C(C(=O)O)=C(CSc3nnc(SCC(=N)N)n3C)CS[C@@H]12)c1csc(N)n1. The summed E-state index contributed by atoms with van der Waals surface area (Å²) in [6.07, 6.45) is 0. The fourth-order valence-corrected chi connectivity index (χ4v) is 7.21. The highest BCUT2D eigenvalue weighted by Crippen LogP contribution is 2.41. The van der Waals surface area contributed by atoms with Crippen LogP contribution in [0.15, 0.2) is 32.1 Å². The van der Waals surface area contributed by atoms with Crippen molar-refractivity contribution in [2.24, 2.45) is 17.9 Å². The number of carboxylic acids is 1. The molecule has 2 amide bonds. The lowest BCUT2D eigenvalue weighted by atomic mass is 10.0. The summed E-state index contributed by atoms with van der Waals surface area (Å²) >= 11 is 5.01. The first-order valence-electron chi connectivity index (χ1n) is 10.6. The number of fused-ring (bicyclic) bond motifs is 1. The van der Waals surface area contributed by atoms with E-state index < -0.39 is 29.2 Å². The Labute approximate surface area is 232 Å². The summed E-state index contributed by atoms with van der Waals surface area (Å²) in [5.74, 6) is -1.60. The molecular weight excluding hydrogens is 577 g/mol. The molecule has 2 atom stereocenters. The highest BCUT2D eigenvalue weighted by molar-refractivity contribution is 8.01. The monoisotopic (exact) mass is 598 g/mol. The van der Waals surface area contributed by atoms with Gasteiger partial charge in [0.15, 0.2) is 21.2 Å². The highest BCUT2D eigenvalue weighted by atomic mass is 32.2. The Morgan fingerprint density at radius 3 is 2.68 bits per heavy atom. The molecule has 0 radical (unpaired) electrons. The number of anilines is 1. The lowest BCUT2D eigenvalue weighted by molar-refractivity contribution is -0.150. The fraction of sp³-hybridized carbons (Fsp3) is 0.368. The van der Waals surface area contributed by atoms with Crippen molar-refractivity contribution in [1.29, 1.82) is 5.41 Å². The number of thioether (sulfide) groups is 3. The number of nitrogen functional groups attached to an aromatic ring is 1. The molecule has 1 fully saturated rings. The summed E-state index contributed by atoms with van der Waals surface area (Å²) < 4.78 is 1.73. The van der Waals surface area contributed by atoms with Crippen LogP contribution in [0.3, 0.4) is 0 Å². The third-order valence-electron chi connectivity index (χ3n) is 5.23. The number of oxime groups is 1. The third-order valence-corrected chi connectivity index (χ3v) is 9.41. The van der Waals surface area contributed by atoms with E-state index >= 15 is 0 Å². The van der Waals surface area contributed by atoms with Crippen LogP contribution in [0.1, 0.15) is 5.69 Å². The number of carbonyl (C=O) groups is 3. The van der Waals surface area contributed by atoms with Crippen LogP contribution in [0.4, 0.5) is 5.13 Å². The first kappa shape index (κ1) is 27.7. The van der Waals surface area contributed by atoms with E-state index in [1.165, 1.54) is 52.7 Å². The molecule has 0 unspecified atom stereocenters. The predicted octanol–water partition coefficient (Wildman–Crippen LogP) is -0.237. The number of carbonyl (C=O) groups excluding carboxylic acids is 2. The molecule has 0 saturated carbocycles. The topological polar surface area (TPSA) is 228 Å². The van der Waals surface area contributed by atoms with E-state index in [-0.39, 0.29) is 39.6 Å². The maximum absolute atomic E-state index is 13.0. The van der Waals surface area contributed by atoms with Gasteiger partial charge in [-0.15, -0.1) is 33.3 Å². The van der Waals surface area contributed by atoms with Crippen molar-refractivity contribution in [2.75, 3.05) is 30.1 Å². The Kier molecular flexibility index (Phi) is 8.48. The van der Waals surface area contributed by atoms with Gasteiger partial charge in [-0.1, -0.05) is 28.7 Å². The lowest BCUT2D eigenvalue weighted by Gasteiger charge is -2.49. The number of hydrogen-bond acceptors (Lipinski definition) is 14. The van der Waals surface area contributed by atoms with E-state index in [2.05, 4.69) is 25.7 Å². The van der Waals surface area contributed by atoms with E-state index in [4.69, 9.17) is 21.7 Å². The first-order valence-corrected chi connectivity index (χ1v) is 14.5. The number of carboxylic acid groups (broad SMARTS) is 1. The van der Waals surface area contributed by atoms with Crippen LogP contribution in [0.2, 0.25) is 0 Å². The summed E-state index contributed by atoms with van der Waals surface area (Å²) in [7, 11) is 3.03. The van der Waals surface area contributed by atoms with Gasteiger partial charge >= 0.3 is 5.97 Å². The standard InChI is InChI=1S/C19H22N10O5S4/c1-28-18(25-26-19(28)38-6-9(20)21)37-4-7-3-35-15-11(14(31)29(15)12(7)16(32)33)24-13(30)10(27-34-2)8-5-36-17(22)23-8/h5,11,15H,3-4,6H2,1-2H3,(H3,20,21)(H2,22,23)(H,24,30)(H,32,33)/b27-10-/t11-,15+/m1/s1. The minimum atomic E-state index is -1.24. The summed E-state index contributed by atoms with van der Waals surface area (Å²) in [4.78, 5) is 48.0. The number of nitrogens with zero attached hydrogens (tertiary/aromatic N) is 6. The van der Waals surface area contributed by atoms with Crippen LogP contribution in [0.25, 0.3) is 0 Å². The number of amidine groups is 1. The molecule has 4 rings (SSSR count). The number of amides is 2. The van der Waals surface area contributed by atoms with Gasteiger partial charge in [0, 0.05) is 23.9 Å². The zero-order chi connectivity index (χ0) is 27.6. The number of aromatic nitrogens is 4. The summed E-state index contributed by atoms with van der Waals surface area (Å²) in [6.45, 7) is 0. The molecule has 1 saturated heterocycles. The normalized spacial score (nSPS) is 19.2. The van der Waals surface area contributed by atoms with Crippen molar-refractivity contribution in [3.8, 4) is 0 Å². The zero-order valence-corrected chi connectivity index (χ0v) is 23.2. The van der Waals surface area contributed by atoms with Gasteiger partial charge in [0.25, 0.3) is 11.8 Å². The Hall–Kier alpha value is -3.29. The van der Waals surface area contributed by atoms with Crippen LogP contribution in [0.5, 0.6) is 0 Å². The number of aliphatic carboxylic acids is 1. The molecule has 2 aliphatic rings. The van der Waals surface area contributed by atoms with Gasteiger partial charge in [-0.05, 0) is 5.57 Å². The van der Waals surface area contributed by atoms with Gasteiger partial charge < -0.3 is 31.3 Å². The van der Waals surface area contributed by atoms with Crippen molar-refractivity contribution in [3.63, 3.8) is 0 Å². The Morgan fingerprint density at radius 1 is 1.37 bits per heavy atom. The summed E-state index contributed by atoms with van der Waals surface area (Å²) in [5.41, 5.74) is 11.5. The highest BCUT2D eigenvalue weighted by Gasteiger charge is 2.54. The molecule has 4 heterocycles. The van der Waals surface area contributed by atoms with Crippen molar-refractivity contribution in [2.45, 2.75) is 21.7 Å². The van der Waals surface area contributed by atoms with Crippen LogP contribution < -0.4 is 16.8 Å². The molecule has 0 aromatic carbocycles. The lowest BCUT2D eigenvalue weighted by Crippen LogP contribution is -2.71. The van der Waals surface area contributed by atoms with Crippen LogP contribution in [-0.4, -0.2) is 94.9 Å². The minimum absolute atomic E-state index is 0.0148. The van der Waals surface area contributed by atoms with Gasteiger partial charge in [-0.2, -0.15) is 0 Å². The van der Waals surface area contributed by atoms with Crippen molar-refractivity contribution in [1.82, 2.24) is 30.0 Å². The van der Waals surface area contributed by atoms with E-state index in [0.717, 1.165) is 11.3 Å². The molecule has 38 heavy (non-hydrogen) atoms. The van der Waals surface area contributed by atoms with E-state index in [1.54, 1.807) is 11.6 Å². The molecule has 0 aliphatic carbocycles. The van der Waals surface area contributed by atoms with Gasteiger partial charge in [0.05, 0.1) is 5.75 Å². The van der Waals surface area contributed by atoms with E-state index in [0.29, 0.717) is 21.6 Å². The van der Waals surface area contributed by atoms with Crippen LogP contribution in [0, 0.1) is 5.41 Å². The summed E-state index contributed by atoms with van der Waals surface area (Å²) in [5, 5.41) is 34.1. The van der Waals surface area contributed by atoms with Crippen molar-refractivity contribution in [3.05, 3.63) is 22.3 Å². The zero-order valence-electron chi connectivity index (χ0n) is 19.9. The second-order valence-electron chi connectivity index (χ2n) is 7.74. The molecule has 7 N–H and O–H groups in total. The van der Waals surface area contributed by atoms with E-state index in [1.807, 2.05) is 0 Å². The fourth-order valence-electron chi connectivity index (χ4n) is 3.54. The average molecular weight is 599 g/mol. The van der Waals surface area contributed by atoms with Crippen molar-refractivity contribution >= 4 is 81.1 Å². The number of nitrogens with two attached hydrogens (primary N) is 2. The average Bonchev–Trinajstić information content (AvgIpc) is 3.46. The second kappa shape index (κ2) is 11.6. The first-order chi connectivity index (χ1) is 18.1. The number of rotatable bonds is 11. The maximum atomic E-state index is 13.0. The van der Waals surface area contributed by atoms with Gasteiger partial charge in [0.2, 0.25) is 0 Å². The second-order valence-corrected chi connectivity index (χ2v) is 11.6. The Morgan fingerprint density at radius 2 is 2.08 bits per heavy atom. The molecular formula is C19H22N10O5S4. The van der Waals surface area contributed by atoms with E-state index in [9.17, 15) is 19.5 Å². The van der Waals surface area contributed by atoms with Gasteiger partial charge in [0.1, 0.15) is 35.8 Å². The van der Waals surface area contributed by atoms with Gasteiger partial charge in [-0.25, -0.2) is 9.78 Å². The Balaban J connectivity index is 1.46. The number of β-lactam (4-membered cyclic amide) rings is 1. The predicted molar refractivity (Wildman–Crippen MR) is 144 cm³/mol. The molecule has 15 nitrogen and oxygen atoms in total.